The van der Waals surface area contributed by atoms with Crippen LogP contribution in [0.5, 0.6) is 0 Å². The topological polar surface area (TPSA) is 38.0 Å². The highest BCUT2D eigenvalue weighted by molar-refractivity contribution is 5.47. The second kappa shape index (κ2) is 5.61. The van der Waals surface area contributed by atoms with Crippen molar-refractivity contribution in [3.63, 3.8) is 0 Å². The van der Waals surface area contributed by atoms with Gasteiger partial charge in [-0.1, -0.05) is 19.9 Å². The molecule has 1 aromatic carbocycles. The van der Waals surface area contributed by atoms with Gasteiger partial charge in [0.05, 0.1) is 0 Å². The van der Waals surface area contributed by atoms with Crippen LogP contribution in [0.25, 0.3) is 0 Å². The number of benzene rings is 1. The van der Waals surface area contributed by atoms with Crippen LogP contribution in [-0.4, -0.2) is 0 Å². The largest absolute Gasteiger partial charge is 0.324 e. The van der Waals surface area contributed by atoms with Crippen LogP contribution in [0.15, 0.2) is 18.2 Å². The molecule has 0 aliphatic carbocycles. The predicted octanol–water partition coefficient (Wildman–Crippen LogP) is 2.62. The van der Waals surface area contributed by atoms with Gasteiger partial charge in [0.2, 0.25) is 0 Å². The summed E-state index contributed by atoms with van der Waals surface area (Å²) >= 11 is 0. The molecule has 0 heterocycles. The number of aryl methyl sites for hydroxylation is 2. The molecule has 0 saturated carbocycles. The Morgan fingerprint density at radius 1 is 1.00 bits per heavy atom. The van der Waals surface area contributed by atoms with Crippen molar-refractivity contribution in [1.82, 2.24) is 0 Å². The van der Waals surface area contributed by atoms with Gasteiger partial charge in [-0.2, -0.15) is 0 Å². The first-order valence-electron chi connectivity index (χ1n) is 4.27. The molecule has 68 valence electrons. The summed E-state index contributed by atoms with van der Waals surface area (Å²) in [5, 5.41) is 0. The van der Waals surface area contributed by atoms with Gasteiger partial charge in [0, 0.05) is 5.69 Å². The molecule has 0 aliphatic rings. The second-order valence-electron chi connectivity index (χ2n) is 2.52. The quantitative estimate of drug-likeness (QED) is 0.497. The third kappa shape index (κ3) is 3.39. The lowest BCUT2D eigenvalue weighted by Crippen LogP contribution is -2.06. The molecule has 1 aromatic rings. The minimum atomic E-state index is 0.970. The SMILES string of the molecule is CC.Cc1cc(C)cc(NN)c1. The summed E-state index contributed by atoms with van der Waals surface area (Å²) in [5.74, 6) is 5.24. The van der Waals surface area contributed by atoms with Gasteiger partial charge in [-0.25, -0.2) is 0 Å². The van der Waals surface area contributed by atoms with Crippen LogP contribution < -0.4 is 11.3 Å². The zero-order valence-electron chi connectivity index (χ0n) is 8.31. The van der Waals surface area contributed by atoms with E-state index in [4.69, 9.17) is 5.84 Å². The predicted molar refractivity (Wildman–Crippen MR) is 55.1 cm³/mol. The number of nitrogen functional groups attached to an aromatic ring is 1. The molecule has 0 bridgehead atoms. The molecule has 2 heteroatoms. The fraction of sp³-hybridized carbons (Fsp3) is 0.400. The van der Waals surface area contributed by atoms with Gasteiger partial charge in [0.1, 0.15) is 0 Å². The molecule has 12 heavy (non-hydrogen) atoms. The Hall–Kier alpha value is -1.02. The molecular formula is C10H18N2. The van der Waals surface area contributed by atoms with E-state index in [-0.39, 0.29) is 0 Å². The third-order valence-electron chi connectivity index (χ3n) is 1.39. The molecular weight excluding hydrogens is 148 g/mol. The Balaban J connectivity index is 0.000000561. The zero-order valence-corrected chi connectivity index (χ0v) is 8.31. The summed E-state index contributed by atoms with van der Waals surface area (Å²) in [6.07, 6.45) is 0. The van der Waals surface area contributed by atoms with Crippen molar-refractivity contribution < 1.29 is 0 Å². The average Bonchev–Trinajstić information content (AvgIpc) is 2.06. The van der Waals surface area contributed by atoms with Crippen LogP contribution in [0, 0.1) is 13.8 Å². The molecule has 0 radical (unpaired) electrons. The van der Waals surface area contributed by atoms with E-state index in [1.807, 2.05) is 39.8 Å². The first-order valence-corrected chi connectivity index (χ1v) is 4.27. The minimum absolute atomic E-state index is 0.970. The monoisotopic (exact) mass is 166 g/mol. The summed E-state index contributed by atoms with van der Waals surface area (Å²) in [5.41, 5.74) is 6.04. The van der Waals surface area contributed by atoms with Gasteiger partial charge in [-0.15, -0.1) is 0 Å². The highest BCUT2D eigenvalue weighted by atomic mass is 15.2. The summed E-state index contributed by atoms with van der Waals surface area (Å²) in [6.45, 7) is 8.10. The van der Waals surface area contributed by atoms with Gasteiger partial charge < -0.3 is 5.43 Å². The highest BCUT2D eigenvalue weighted by Crippen LogP contribution is 2.11. The van der Waals surface area contributed by atoms with E-state index in [0.29, 0.717) is 0 Å². The Kier molecular flexibility index (Phi) is 5.13. The molecule has 0 saturated heterocycles. The summed E-state index contributed by atoms with van der Waals surface area (Å²) in [4.78, 5) is 0. The van der Waals surface area contributed by atoms with Gasteiger partial charge in [-0.05, 0) is 37.1 Å². The lowest BCUT2D eigenvalue weighted by Gasteiger charge is -2.02. The summed E-state index contributed by atoms with van der Waals surface area (Å²) in [6, 6.07) is 6.13. The number of hydrazine groups is 1. The third-order valence-corrected chi connectivity index (χ3v) is 1.39. The fourth-order valence-corrected chi connectivity index (χ4v) is 1.06. The molecule has 0 fully saturated rings. The first-order chi connectivity index (χ1) is 5.72. The number of nitrogens with one attached hydrogen (secondary N) is 1. The van der Waals surface area contributed by atoms with E-state index in [2.05, 4.69) is 11.5 Å². The first kappa shape index (κ1) is 11.0. The van der Waals surface area contributed by atoms with Crippen molar-refractivity contribution in [2.24, 2.45) is 5.84 Å². The van der Waals surface area contributed by atoms with E-state index in [9.17, 15) is 0 Å². The van der Waals surface area contributed by atoms with E-state index in [1.165, 1.54) is 11.1 Å². The van der Waals surface area contributed by atoms with Crippen LogP contribution in [0.3, 0.4) is 0 Å². The van der Waals surface area contributed by atoms with Gasteiger partial charge in [-0.3, -0.25) is 5.84 Å². The fourth-order valence-electron chi connectivity index (χ4n) is 1.06. The number of hydrogen-bond acceptors (Lipinski definition) is 2. The maximum Gasteiger partial charge on any atom is 0.0490 e. The Bertz CT molecular complexity index is 211. The summed E-state index contributed by atoms with van der Waals surface area (Å²) < 4.78 is 0. The molecule has 3 N–H and O–H groups in total. The average molecular weight is 166 g/mol. The zero-order chi connectivity index (χ0) is 9.56. The molecule has 0 aliphatic heterocycles. The van der Waals surface area contributed by atoms with Gasteiger partial charge in [0.15, 0.2) is 0 Å². The van der Waals surface area contributed by atoms with Gasteiger partial charge >= 0.3 is 0 Å². The Morgan fingerprint density at radius 2 is 1.42 bits per heavy atom. The van der Waals surface area contributed by atoms with Crippen LogP contribution >= 0.6 is 0 Å². The molecule has 0 atom stereocenters. The second-order valence-corrected chi connectivity index (χ2v) is 2.52. The smallest absolute Gasteiger partial charge is 0.0490 e. The normalized spacial score (nSPS) is 8.42. The van der Waals surface area contributed by atoms with Crippen molar-refractivity contribution in [1.29, 1.82) is 0 Å². The number of nitrogens with two attached hydrogens (primary N) is 1. The highest BCUT2D eigenvalue weighted by Gasteiger charge is 1.90. The maximum absolute atomic E-state index is 5.24. The molecule has 0 spiro atoms. The van der Waals surface area contributed by atoms with Crippen LogP contribution in [0.2, 0.25) is 0 Å². The van der Waals surface area contributed by atoms with Crippen LogP contribution in [-0.2, 0) is 0 Å². The molecule has 1 rings (SSSR count). The minimum Gasteiger partial charge on any atom is -0.324 e. The van der Waals surface area contributed by atoms with E-state index in [1.54, 1.807) is 0 Å². The molecule has 0 unspecified atom stereocenters. The number of anilines is 1. The van der Waals surface area contributed by atoms with Crippen LogP contribution in [0.4, 0.5) is 5.69 Å². The van der Waals surface area contributed by atoms with E-state index < -0.39 is 0 Å². The van der Waals surface area contributed by atoms with Gasteiger partial charge in [0.25, 0.3) is 0 Å². The van der Waals surface area contributed by atoms with Crippen molar-refractivity contribution >= 4 is 5.69 Å². The lowest BCUT2D eigenvalue weighted by atomic mass is 10.1. The van der Waals surface area contributed by atoms with Crippen LogP contribution in [0.1, 0.15) is 25.0 Å². The Labute approximate surface area is 74.8 Å². The van der Waals surface area contributed by atoms with Crippen molar-refractivity contribution in [3.8, 4) is 0 Å². The summed E-state index contributed by atoms with van der Waals surface area (Å²) in [7, 11) is 0. The van der Waals surface area contributed by atoms with Crippen molar-refractivity contribution in [2.45, 2.75) is 27.7 Å². The number of rotatable bonds is 1. The molecule has 0 aromatic heterocycles. The van der Waals surface area contributed by atoms with E-state index in [0.717, 1.165) is 5.69 Å². The van der Waals surface area contributed by atoms with E-state index >= 15 is 0 Å². The Morgan fingerprint density at radius 3 is 1.75 bits per heavy atom. The lowest BCUT2D eigenvalue weighted by molar-refractivity contribution is 1.30. The van der Waals surface area contributed by atoms with Crippen molar-refractivity contribution in [2.75, 3.05) is 5.43 Å². The number of hydrogen-bond donors (Lipinski definition) is 2. The van der Waals surface area contributed by atoms with Crippen molar-refractivity contribution in [3.05, 3.63) is 29.3 Å². The standard InChI is InChI=1S/C8H12N2.C2H6/c1-6-3-7(2)5-8(4-6)10-9;1-2/h3-5,10H,9H2,1-2H3;1-2H3. The maximum atomic E-state index is 5.24. The molecule has 0 amide bonds. The molecule has 2 nitrogen and oxygen atoms in total.